The van der Waals surface area contributed by atoms with Crippen molar-refractivity contribution in [2.45, 2.75) is 33.6 Å². The van der Waals surface area contributed by atoms with Crippen molar-refractivity contribution in [2.75, 3.05) is 0 Å². The second kappa shape index (κ2) is 3.83. The molecule has 0 aromatic carbocycles. The van der Waals surface area contributed by atoms with Crippen LogP contribution in [0.1, 0.15) is 32.2 Å². The van der Waals surface area contributed by atoms with E-state index >= 15 is 0 Å². The highest BCUT2D eigenvalue weighted by atomic mass is 15.3. The number of aryl methyl sites for hydroxylation is 2. The molecule has 3 nitrogen and oxygen atoms in total. The van der Waals surface area contributed by atoms with Crippen LogP contribution in [0, 0.1) is 16.7 Å². The average Bonchev–Trinajstić information content (AvgIpc) is 2.47. The van der Waals surface area contributed by atoms with E-state index in [-0.39, 0.29) is 5.41 Å². The summed E-state index contributed by atoms with van der Waals surface area (Å²) in [5.41, 5.74) is 1.92. The minimum Gasteiger partial charge on any atom is -0.272 e. The molecule has 0 atom stereocenters. The minimum absolute atomic E-state index is 0.307. The van der Waals surface area contributed by atoms with Gasteiger partial charge in [0.25, 0.3) is 0 Å². The molecule has 1 heterocycles. The zero-order chi connectivity index (χ0) is 10.8. The fourth-order valence-corrected chi connectivity index (χ4v) is 1.40. The van der Waals surface area contributed by atoms with Gasteiger partial charge in [0.15, 0.2) is 0 Å². The summed E-state index contributed by atoms with van der Waals surface area (Å²) in [6, 6.07) is 4.39. The molecule has 0 amide bonds. The molecule has 14 heavy (non-hydrogen) atoms. The highest BCUT2D eigenvalue weighted by molar-refractivity contribution is 5.14. The Labute approximate surface area is 85.4 Å². The monoisotopic (exact) mass is 191 g/mol. The molecule has 0 fully saturated rings. The number of nitrogens with zero attached hydrogens (tertiary/aromatic N) is 3. The summed E-state index contributed by atoms with van der Waals surface area (Å²) in [7, 11) is 1.93. The van der Waals surface area contributed by atoms with Gasteiger partial charge in [0, 0.05) is 19.2 Å². The Morgan fingerprint density at radius 1 is 1.57 bits per heavy atom. The Morgan fingerprint density at radius 3 is 2.64 bits per heavy atom. The van der Waals surface area contributed by atoms with Gasteiger partial charge in [-0.2, -0.15) is 10.4 Å². The van der Waals surface area contributed by atoms with E-state index in [9.17, 15) is 0 Å². The van der Waals surface area contributed by atoms with E-state index in [4.69, 9.17) is 5.26 Å². The smallest absolute Gasteiger partial charge is 0.0688 e. The molecule has 1 rings (SSSR count). The van der Waals surface area contributed by atoms with E-state index in [0.717, 1.165) is 24.2 Å². The molecule has 3 heteroatoms. The molecule has 0 saturated heterocycles. The van der Waals surface area contributed by atoms with Crippen LogP contribution in [0.25, 0.3) is 0 Å². The van der Waals surface area contributed by atoms with Crippen LogP contribution in [-0.4, -0.2) is 9.78 Å². The van der Waals surface area contributed by atoms with Gasteiger partial charge >= 0.3 is 0 Å². The first kappa shape index (κ1) is 10.8. The van der Waals surface area contributed by atoms with Gasteiger partial charge in [0.05, 0.1) is 17.2 Å². The summed E-state index contributed by atoms with van der Waals surface area (Å²) in [5, 5.41) is 13.3. The Morgan fingerprint density at radius 2 is 2.21 bits per heavy atom. The second-order valence-electron chi connectivity index (χ2n) is 4.28. The maximum atomic E-state index is 8.93. The van der Waals surface area contributed by atoms with E-state index in [0.29, 0.717) is 0 Å². The van der Waals surface area contributed by atoms with Gasteiger partial charge in [-0.1, -0.05) is 6.92 Å². The SMILES string of the molecule is CCc1cc(CC(C)(C)C#N)n(C)n1. The molecule has 0 bridgehead atoms. The summed E-state index contributed by atoms with van der Waals surface area (Å²) >= 11 is 0. The molecule has 0 unspecified atom stereocenters. The van der Waals surface area contributed by atoms with Crippen LogP contribution >= 0.6 is 0 Å². The van der Waals surface area contributed by atoms with E-state index in [1.54, 1.807) is 0 Å². The fraction of sp³-hybridized carbons (Fsp3) is 0.636. The van der Waals surface area contributed by atoms with E-state index < -0.39 is 0 Å². The third-order valence-electron chi connectivity index (χ3n) is 2.32. The van der Waals surface area contributed by atoms with Crippen molar-refractivity contribution in [3.63, 3.8) is 0 Å². The first-order valence-corrected chi connectivity index (χ1v) is 4.91. The van der Waals surface area contributed by atoms with Crippen molar-refractivity contribution in [1.82, 2.24) is 9.78 Å². The molecule has 0 aliphatic carbocycles. The molecule has 0 spiro atoms. The van der Waals surface area contributed by atoms with Gasteiger partial charge in [-0.3, -0.25) is 4.68 Å². The Balaban J connectivity index is 2.87. The van der Waals surface area contributed by atoms with Crippen LogP contribution in [0.15, 0.2) is 6.07 Å². The first-order valence-electron chi connectivity index (χ1n) is 4.91. The molecular weight excluding hydrogens is 174 g/mol. The summed E-state index contributed by atoms with van der Waals surface area (Å²) in [6.45, 7) is 5.98. The Hall–Kier alpha value is -1.30. The van der Waals surface area contributed by atoms with Gasteiger partial charge < -0.3 is 0 Å². The van der Waals surface area contributed by atoms with Crippen molar-refractivity contribution in [1.29, 1.82) is 5.26 Å². The molecule has 76 valence electrons. The third kappa shape index (κ3) is 2.35. The number of nitriles is 1. The molecule has 0 N–H and O–H groups in total. The molecule has 0 aliphatic rings. The zero-order valence-electron chi connectivity index (χ0n) is 9.33. The van der Waals surface area contributed by atoms with Crippen molar-refractivity contribution in [3.05, 3.63) is 17.5 Å². The summed E-state index contributed by atoms with van der Waals surface area (Å²) in [4.78, 5) is 0. The Bertz CT molecular complexity index is 355. The lowest BCUT2D eigenvalue weighted by atomic mass is 9.89. The number of aromatic nitrogens is 2. The quantitative estimate of drug-likeness (QED) is 0.734. The number of rotatable bonds is 3. The normalized spacial score (nSPS) is 11.4. The third-order valence-corrected chi connectivity index (χ3v) is 2.32. The lowest BCUT2D eigenvalue weighted by molar-refractivity contribution is 0.472. The molecule has 1 aromatic heterocycles. The van der Waals surface area contributed by atoms with Gasteiger partial charge in [0.2, 0.25) is 0 Å². The molecule has 0 aliphatic heterocycles. The van der Waals surface area contributed by atoms with Crippen molar-refractivity contribution < 1.29 is 0 Å². The summed E-state index contributed by atoms with van der Waals surface area (Å²) in [6.07, 6.45) is 1.70. The van der Waals surface area contributed by atoms with Crippen LogP contribution in [0.3, 0.4) is 0 Å². The fourth-order valence-electron chi connectivity index (χ4n) is 1.40. The lowest BCUT2D eigenvalue weighted by Crippen LogP contribution is -2.14. The zero-order valence-corrected chi connectivity index (χ0v) is 9.33. The van der Waals surface area contributed by atoms with Crippen LogP contribution in [0.5, 0.6) is 0 Å². The molecule has 0 radical (unpaired) electrons. The highest BCUT2D eigenvalue weighted by Gasteiger charge is 2.19. The van der Waals surface area contributed by atoms with E-state index in [1.165, 1.54) is 0 Å². The maximum absolute atomic E-state index is 8.93. The van der Waals surface area contributed by atoms with Crippen LogP contribution in [0.2, 0.25) is 0 Å². The highest BCUT2D eigenvalue weighted by Crippen LogP contribution is 2.20. The van der Waals surface area contributed by atoms with Crippen LogP contribution in [0.4, 0.5) is 0 Å². The molecular formula is C11H17N3. The second-order valence-corrected chi connectivity index (χ2v) is 4.28. The summed E-state index contributed by atoms with van der Waals surface area (Å²) < 4.78 is 1.87. The lowest BCUT2D eigenvalue weighted by Gasteiger charge is -2.14. The van der Waals surface area contributed by atoms with Gasteiger partial charge in [0.1, 0.15) is 0 Å². The first-order chi connectivity index (χ1) is 6.48. The van der Waals surface area contributed by atoms with E-state index in [1.807, 2.05) is 25.6 Å². The minimum atomic E-state index is -0.307. The van der Waals surface area contributed by atoms with Gasteiger partial charge in [-0.25, -0.2) is 0 Å². The standard InChI is InChI=1S/C11H17N3/c1-5-9-6-10(14(4)13-9)7-11(2,3)8-12/h6H,5,7H2,1-4H3. The number of hydrogen-bond donors (Lipinski definition) is 0. The van der Waals surface area contributed by atoms with Crippen molar-refractivity contribution in [2.24, 2.45) is 12.5 Å². The van der Waals surface area contributed by atoms with Crippen LogP contribution < -0.4 is 0 Å². The predicted molar refractivity (Wildman–Crippen MR) is 55.7 cm³/mol. The van der Waals surface area contributed by atoms with E-state index in [2.05, 4.69) is 24.2 Å². The average molecular weight is 191 g/mol. The number of hydrogen-bond acceptors (Lipinski definition) is 2. The van der Waals surface area contributed by atoms with Gasteiger partial charge in [-0.15, -0.1) is 0 Å². The van der Waals surface area contributed by atoms with Crippen molar-refractivity contribution in [3.8, 4) is 6.07 Å². The topological polar surface area (TPSA) is 41.6 Å². The Kier molecular flexibility index (Phi) is 2.95. The molecule has 1 aromatic rings. The van der Waals surface area contributed by atoms with Crippen molar-refractivity contribution >= 4 is 0 Å². The van der Waals surface area contributed by atoms with Gasteiger partial charge in [-0.05, 0) is 26.3 Å². The molecule has 0 saturated carbocycles. The maximum Gasteiger partial charge on any atom is 0.0688 e. The van der Waals surface area contributed by atoms with Crippen LogP contribution in [-0.2, 0) is 19.9 Å². The largest absolute Gasteiger partial charge is 0.272 e. The summed E-state index contributed by atoms with van der Waals surface area (Å²) in [5.74, 6) is 0. The predicted octanol–water partition coefficient (Wildman–Crippen LogP) is 2.07.